The van der Waals surface area contributed by atoms with E-state index in [2.05, 4.69) is 4.52 Å². The van der Waals surface area contributed by atoms with Gasteiger partial charge in [0.25, 0.3) is 0 Å². The van der Waals surface area contributed by atoms with Crippen LogP contribution in [-0.2, 0) is 13.9 Å². The molecule has 0 spiro atoms. The minimum absolute atomic E-state index is 0. The fourth-order valence-electron chi connectivity index (χ4n) is 0.157. The molecule has 0 aromatic rings. The second-order valence-corrected chi connectivity index (χ2v) is 2.11. The van der Waals surface area contributed by atoms with E-state index in [1.165, 1.54) is 0 Å². The van der Waals surface area contributed by atoms with Crippen LogP contribution in [0.25, 0.3) is 0 Å². The first kappa shape index (κ1) is 36.6. The maximum Gasteiger partial charge on any atom is 1.00 e. The number of phosphoric acid groups is 1. The van der Waals surface area contributed by atoms with E-state index in [4.69, 9.17) is 0 Å². The van der Waals surface area contributed by atoms with Crippen LogP contribution in [0.1, 0.15) is 6.92 Å². The van der Waals surface area contributed by atoms with Crippen LogP contribution in [0.3, 0.4) is 0 Å². The van der Waals surface area contributed by atoms with E-state index in [1.807, 2.05) is 0 Å². The molecule has 0 aromatic carbocycles. The standard InChI is InChI=1S/C2H5O5P.2Na.3H2O/c1-2(3)7-8(4,5)6;;;;;/h1H3,(H2,4,5,6);;;3*1H2/q;2*+1;;;/p-2. The Bertz CT molecular complexity index is 143. The molecule has 0 unspecified atom stereocenters. The van der Waals surface area contributed by atoms with Crippen molar-refractivity contribution in [1.82, 2.24) is 0 Å². The Balaban J connectivity index is -0.0000000245. The average molecular weight is 238 g/mol. The normalized spacial score (nSPS) is 6.69. The second-order valence-electron chi connectivity index (χ2n) is 1.03. The Morgan fingerprint density at radius 1 is 1.15 bits per heavy atom. The van der Waals surface area contributed by atoms with Gasteiger partial charge >= 0.3 is 65.1 Å². The van der Waals surface area contributed by atoms with Gasteiger partial charge in [-0.1, -0.05) is 0 Å². The first-order valence-corrected chi connectivity index (χ1v) is 3.10. The predicted molar refractivity (Wildman–Crippen MR) is 30.2 cm³/mol. The van der Waals surface area contributed by atoms with E-state index in [1.54, 1.807) is 0 Å². The van der Waals surface area contributed by atoms with Gasteiger partial charge in [0.1, 0.15) is 7.82 Å². The number of carbonyl (C=O) groups is 1. The quantitative estimate of drug-likeness (QED) is 0.323. The van der Waals surface area contributed by atoms with Gasteiger partial charge in [-0.05, 0) is 0 Å². The minimum Gasteiger partial charge on any atom is -0.780 e. The molecule has 8 nitrogen and oxygen atoms in total. The molecule has 0 radical (unpaired) electrons. The van der Waals surface area contributed by atoms with Crippen molar-refractivity contribution in [3.63, 3.8) is 0 Å². The smallest absolute Gasteiger partial charge is 0.780 e. The third-order valence-corrected chi connectivity index (χ3v) is 0.721. The summed E-state index contributed by atoms with van der Waals surface area (Å²) in [5, 5.41) is 0. The Kier molecular flexibility index (Phi) is 44.9. The number of hydrogen-bond donors (Lipinski definition) is 0. The van der Waals surface area contributed by atoms with E-state index in [0.29, 0.717) is 0 Å². The Labute approximate surface area is 119 Å². The van der Waals surface area contributed by atoms with E-state index < -0.39 is 13.8 Å². The van der Waals surface area contributed by atoms with Crippen LogP contribution in [-0.4, -0.2) is 22.4 Å². The maximum atomic E-state index is 9.66. The van der Waals surface area contributed by atoms with Crippen molar-refractivity contribution >= 4 is 13.8 Å². The number of phosphoric ester groups is 1. The molecule has 0 amide bonds. The summed E-state index contributed by atoms with van der Waals surface area (Å²) in [6, 6.07) is 0. The second kappa shape index (κ2) is 15.9. The summed E-state index contributed by atoms with van der Waals surface area (Å²) in [5.74, 6) is -1.11. The Morgan fingerprint density at radius 3 is 1.38 bits per heavy atom. The van der Waals surface area contributed by atoms with Crippen LogP contribution >= 0.6 is 7.82 Å². The van der Waals surface area contributed by atoms with Crippen molar-refractivity contribution in [3.05, 3.63) is 0 Å². The van der Waals surface area contributed by atoms with Gasteiger partial charge in [-0.15, -0.1) is 0 Å². The zero-order valence-corrected chi connectivity index (χ0v) is 12.4. The van der Waals surface area contributed by atoms with Gasteiger partial charge in [0.2, 0.25) is 0 Å². The Hall–Kier alpha value is 1.50. The molecule has 0 atom stereocenters. The minimum atomic E-state index is -5.07. The van der Waals surface area contributed by atoms with Gasteiger partial charge in [-0.25, -0.2) is 0 Å². The van der Waals surface area contributed by atoms with Crippen LogP contribution in [0.5, 0.6) is 0 Å². The summed E-state index contributed by atoms with van der Waals surface area (Å²) < 4.78 is 12.7. The molecule has 0 bridgehead atoms. The number of rotatable bonds is 1. The molecule has 0 saturated carbocycles. The molecule has 6 N–H and O–H groups in total. The molecule has 0 aliphatic rings. The zero-order valence-electron chi connectivity index (χ0n) is 7.49. The molecule has 0 aromatic heterocycles. The van der Waals surface area contributed by atoms with Crippen molar-refractivity contribution in [1.29, 1.82) is 0 Å². The largest absolute Gasteiger partial charge is 1.00 e. The molecule has 0 fully saturated rings. The Morgan fingerprint density at radius 2 is 1.38 bits per heavy atom. The predicted octanol–water partition coefficient (Wildman–Crippen LogP) is -10.1. The summed E-state index contributed by atoms with van der Waals surface area (Å²) in [6.45, 7) is 0.836. The van der Waals surface area contributed by atoms with E-state index in [0.717, 1.165) is 6.92 Å². The SMILES string of the molecule is CC(=O)OP(=O)([O-])[O-].O.O.O.[Na+].[Na+]. The van der Waals surface area contributed by atoms with Crippen LogP contribution < -0.4 is 68.9 Å². The van der Waals surface area contributed by atoms with Crippen molar-refractivity contribution < 1.29 is 99.2 Å². The van der Waals surface area contributed by atoms with Crippen molar-refractivity contribution in [3.8, 4) is 0 Å². The number of carbonyl (C=O) groups excluding carboxylic acids is 1. The first-order valence-electron chi connectivity index (χ1n) is 1.64. The van der Waals surface area contributed by atoms with Gasteiger partial charge in [0.05, 0.1) is 0 Å². The van der Waals surface area contributed by atoms with Gasteiger partial charge in [-0.3, -0.25) is 4.79 Å². The average Bonchev–Trinajstić information content (AvgIpc) is 1.21. The molecule has 0 heterocycles. The van der Waals surface area contributed by atoms with Crippen LogP contribution in [0.2, 0.25) is 0 Å². The zero-order chi connectivity index (χ0) is 6.78. The summed E-state index contributed by atoms with van der Waals surface area (Å²) in [7, 11) is -5.07. The fourth-order valence-corrected chi connectivity index (χ4v) is 0.472. The van der Waals surface area contributed by atoms with Gasteiger partial charge < -0.3 is 35.3 Å². The van der Waals surface area contributed by atoms with Crippen molar-refractivity contribution in [2.75, 3.05) is 0 Å². The summed E-state index contributed by atoms with van der Waals surface area (Å²) in [5.41, 5.74) is 0. The molecule has 0 saturated heterocycles. The molecule has 0 aliphatic carbocycles. The summed E-state index contributed by atoms with van der Waals surface area (Å²) >= 11 is 0. The first-order chi connectivity index (χ1) is 3.42. The van der Waals surface area contributed by atoms with Crippen LogP contribution in [0.4, 0.5) is 0 Å². The monoisotopic (exact) mass is 238 g/mol. The topological polar surface area (TPSA) is 184 Å². The van der Waals surface area contributed by atoms with Gasteiger partial charge in [-0.2, -0.15) is 0 Å². The van der Waals surface area contributed by atoms with Gasteiger partial charge in [0.15, 0.2) is 0 Å². The maximum absolute atomic E-state index is 9.66. The molecule has 0 rings (SSSR count). The van der Waals surface area contributed by atoms with E-state index in [-0.39, 0.29) is 75.5 Å². The molecule has 0 aliphatic heterocycles. The van der Waals surface area contributed by atoms with Gasteiger partial charge in [0, 0.05) is 6.92 Å². The molecule has 11 heteroatoms. The molecular formula is C2H9Na2O8P. The van der Waals surface area contributed by atoms with Crippen LogP contribution in [0.15, 0.2) is 0 Å². The van der Waals surface area contributed by atoms with Crippen LogP contribution in [0, 0.1) is 0 Å². The molecule has 72 valence electrons. The van der Waals surface area contributed by atoms with Crippen molar-refractivity contribution in [2.24, 2.45) is 0 Å². The number of hydrogen-bond acceptors (Lipinski definition) is 5. The van der Waals surface area contributed by atoms with Crippen molar-refractivity contribution in [2.45, 2.75) is 6.92 Å². The third kappa shape index (κ3) is 42.3. The molecule has 13 heavy (non-hydrogen) atoms. The summed E-state index contributed by atoms with van der Waals surface area (Å²) in [4.78, 5) is 28.6. The van der Waals surface area contributed by atoms with E-state index in [9.17, 15) is 19.1 Å². The van der Waals surface area contributed by atoms with E-state index >= 15 is 0 Å². The molecular weight excluding hydrogens is 229 g/mol. The fraction of sp³-hybridized carbons (Fsp3) is 0.500. The summed E-state index contributed by atoms with van der Waals surface area (Å²) in [6.07, 6.45) is 0. The third-order valence-electron chi connectivity index (χ3n) is 0.240.